The third-order valence-electron chi connectivity index (χ3n) is 5.13. The highest BCUT2D eigenvalue weighted by atomic mass is 16.5. The predicted molar refractivity (Wildman–Crippen MR) is 136 cm³/mol. The molecular weight excluding hydrogens is 426 g/mol. The standard InChI is InChI=1S/C27H27N5O2/c1-18-4-8-21(9-5-18)29-25-16-19(2)28-27(32-25)31-23-12-10-22(11-13-23)30-26(33)17-20-6-14-24(34-3)15-7-20/h4-16H,17H2,1-3H3,(H,30,33)(H2,28,29,31,32). The van der Waals surface area contributed by atoms with E-state index in [1.54, 1.807) is 7.11 Å². The van der Waals surface area contributed by atoms with Crippen molar-refractivity contribution in [2.45, 2.75) is 20.3 Å². The number of aryl methyl sites for hydroxylation is 2. The van der Waals surface area contributed by atoms with Gasteiger partial charge in [-0.1, -0.05) is 29.8 Å². The van der Waals surface area contributed by atoms with Crippen molar-refractivity contribution in [2.75, 3.05) is 23.1 Å². The highest BCUT2D eigenvalue weighted by Gasteiger charge is 2.07. The largest absolute Gasteiger partial charge is 0.497 e. The molecule has 3 N–H and O–H groups in total. The van der Waals surface area contributed by atoms with Gasteiger partial charge in [0.25, 0.3) is 0 Å². The second kappa shape index (κ2) is 10.5. The monoisotopic (exact) mass is 453 g/mol. The highest BCUT2D eigenvalue weighted by Crippen LogP contribution is 2.21. The molecule has 0 fully saturated rings. The summed E-state index contributed by atoms with van der Waals surface area (Å²) in [6, 6.07) is 24.9. The maximum atomic E-state index is 12.4. The summed E-state index contributed by atoms with van der Waals surface area (Å²) in [6.45, 7) is 3.98. The van der Waals surface area contributed by atoms with Crippen LogP contribution in [0.3, 0.4) is 0 Å². The zero-order valence-corrected chi connectivity index (χ0v) is 19.4. The van der Waals surface area contributed by atoms with E-state index >= 15 is 0 Å². The smallest absolute Gasteiger partial charge is 0.229 e. The summed E-state index contributed by atoms with van der Waals surface area (Å²) in [4.78, 5) is 21.4. The van der Waals surface area contributed by atoms with Crippen molar-refractivity contribution in [3.8, 4) is 5.75 Å². The van der Waals surface area contributed by atoms with Gasteiger partial charge >= 0.3 is 0 Å². The summed E-state index contributed by atoms with van der Waals surface area (Å²) in [5.74, 6) is 1.88. The van der Waals surface area contributed by atoms with Crippen LogP contribution in [-0.2, 0) is 11.2 Å². The summed E-state index contributed by atoms with van der Waals surface area (Å²) >= 11 is 0. The molecule has 1 heterocycles. The average molecular weight is 454 g/mol. The number of amides is 1. The summed E-state index contributed by atoms with van der Waals surface area (Å²) in [5, 5.41) is 9.45. The lowest BCUT2D eigenvalue weighted by molar-refractivity contribution is -0.115. The Hall–Kier alpha value is -4.39. The zero-order chi connectivity index (χ0) is 23.9. The molecule has 0 bridgehead atoms. The van der Waals surface area contributed by atoms with Gasteiger partial charge in [-0.3, -0.25) is 4.79 Å². The van der Waals surface area contributed by atoms with Crippen LogP contribution in [0, 0.1) is 13.8 Å². The molecule has 3 aromatic carbocycles. The molecule has 0 spiro atoms. The molecule has 0 aliphatic carbocycles. The fourth-order valence-corrected chi connectivity index (χ4v) is 3.37. The van der Waals surface area contributed by atoms with Gasteiger partial charge in [0.1, 0.15) is 11.6 Å². The quantitative estimate of drug-likeness (QED) is 0.314. The molecule has 0 saturated heterocycles. The molecule has 0 radical (unpaired) electrons. The number of aromatic nitrogens is 2. The van der Waals surface area contributed by atoms with Crippen molar-refractivity contribution in [3.05, 3.63) is 95.7 Å². The number of carbonyl (C=O) groups is 1. The topological polar surface area (TPSA) is 88.2 Å². The minimum Gasteiger partial charge on any atom is -0.497 e. The number of carbonyl (C=O) groups excluding carboxylic acids is 1. The number of nitrogens with zero attached hydrogens (tertiary/aromatic N) is 2. The van der Waals surface area contributed by atoms with Gasteiger partial charge in [0.15, 0.2) is 0 Å². The Bertz CT molecular complexity index is 1250. The maximum Gasteiger partial charge on any atom is 0.229 e. The Morgan fingerprint density at radius 2 is 1.41 bits per heavy atom. The lowest BCUT2D eigenvalue weighted by Crippen LogP contribution is -2.14. The van der Waals surface area contributed by atoms with Crippen LogP contribution in [0.15, 0.2) is 78.9 Å². The van der Waals surface area contributed by atoms with Crippen molar-refractivity contribution >= 4 is 34.7 Å². The first-order valence-electron chi connectivity index (χ1n) is 11.0. The molecule has 1 aromatic heterocycles. The first-order chi connectivity index (χ1) is 16.5. The van der Waals surface area contributed by atoms with Crippen molar-refractivity contribution in [3.63, 3.8) is 0 Å². The number of methoxy groups -OCH3 is 1. The number of rotatable bonds is 8. The van der Waals surface area contributed by atoms with Crippen LogP contribution in [0.2, 0.25) is 0 Å². The summed E-state index contributed by atoms with van der Waals surface area (Å²) < 4.78 is 5.15. The third-order valence-corrected chi connectivity index (χ3v) is 5.13. The van der Waals surface area contributed by atoms with E-state index in [-0.39, 0.29) is 12.3 Å². The Balaban J connectivity index is 1.36. The van der Waals surface area contributed by atoms with E-state index in [0.29, 0.717) is 11.8 Å². The van der Waals surface area contributed by atoms with Gasteiger partial charge in [0.05, 0.1) is 13.5 Å². The molecule has 7 heteroatoms. The number of benzene rings is 3. The number of hydrogen-bond acceptors (Lipinski definition) is 6. The second-order valence-corrected chi connectivity index (χ2v) is 7.98. The van der Waals surface area contributed by atoms with Crippen molar-refractivity contribution in [1.29, 1.82) is 0 Å². The SMILES string of the molecule is COc1ccc(CC(=O)Nc2ccc(Nc3nc(C)cc(Nc4ccc(C)cc4)n3)cc2)cc1. The number of anilines is 5. The number of nitrogens with one attached hydrogen (secondary N) is 3. The molecule has 172 valence electrons. The fourth-order valence-electron chi connectivity index (χ4n) is 3.37. The van der Waals surface area contributed by atoms with Gasteiger partial charge in [-0.15, -0.1) is 0 Å². The fraction of sp³-hybridized carbons (Fsp3) is 0.148. The van der Waals surface area contributed by atoms with Gasteiger partial charge in [0, 0.05) is 28.8 Å². The van der Waals surface area contributed by atoms with E-state index in [4.69, 9.17) is 4.74 Å². The molecule has 7 nitrogen and oxygen atoms in total. The van der Waals surface area contributed by atoms with E-state index in [1.165, 1.54) is 5.56 Å². The Morgan fingerprint density at radius 1 is 0.794 bits per heavy atom. The number of hydrogen-bond donors (Lipinski definition) is 3. The van der Waals surface area contributed by atoms with Gasteiger partial charge in [-0.05, 0) is 67.9 Å². The molecular formula is C27H27N5O2. The first-order valence-corrected chi connectivity index (χ1v) is 11.0. The molecule has 0 aliphatic heterocycles. The van der Waals surface area contributed by atoms with E-state index in [1.807, 2.05) is 85.8 Å². The van der Waals surface area contributed by atoms with Crippen LogP contribution in [0.4, 0.5) is 28.8 Å². The molecule has 0 aliphatic rings. The number of ether oxygens (including phenoxy) is 1. The van der Waals surface area contributed by atoms with Crippen molar-refractivity contribution in [2.24, 2.45) is 0 Å². The lowest BCUT2D eigenvalue weighted by atomic mass is 10.1. The van der Waals surface area contributed by atoms with E-state index < -0.39 is 0 Å². The van der Waals surface area contributed by atoms with Gasteiger partial charge in [0.2, 0.25) is 11.9 Å². The summed E-state index contributed by atoms with van der Waals surface area (Å²) in [7, 11) is 1.62. The molecule has 0 unspecified atom stereocenters. The third kappa shape index (κ3) is 6.32. The van der Waals surface area contributed by atoms with E-state index in [9.17, 15) is 4.79 Å². The molecule has 4 rings (SSSR count). The minimum atomic E-state index is -0.0836. The highest BCUT2D eigenvalue weighted by molar-refractivity contribution is 5.92. The maximum absolute atomic E-state index is 12.4. The van der Waals surface area contributed by atoms with Gasteiger partial charge in [-0.25, -0.2) is 4.98 Å². The lowest BCUT2D eigenvalue weighted by Gasteiger charge is -2.11. The van der Waals surface area contributed by atoms with Gasteiger partial charge < -0.3 is 20.7 Å². The van der Waals surface area contributed by atoms with Crippen LogP contribution in [0.1, 0.15) is 16.8 Å². The van der Waals surface area contributed by atoms with Crippen LogP contribution in [0.5, 0.6) is 5.75 Å². The molecule has 34 heavy (non-hydrogen) atoms. The Morgan fingerprint density at radius 3 is 2.09 bits per heavy atom. The average Bonchev–Trinajstić information content (AvgIpc) is 2.82. The molecule has 4 aromatic rings. The minimum absolute atomic E-state index is 0.0836. The Labute approximate surface area is 199 Å². The normalized spacial score (nSPS) is 10.4. The molecule has 0 saturated carbocycles. The predicted octanol–water partition coefficient (Wildman–Crippen LogP) is 5.77. The van der Waals surface area contributed by atoms with Crippen LogP contribution >= 0.6 is 0 Å². The van der Waals surface area contributed by atoms with E-state index in [0.717, 1.165) is 34.1 Å². The van der Waals surface area contributed by atoms with Crippen LogP contribution < -0.4 is 20.7 Å². The van der Waals surface area contributed by atoms with Crippen LogP contribution in [0.25, 0.3) is 0 Å². The van der Waals surface area contributed by atoms with Gasteiger partial charge in [-0.2, -0.15) is 4.98 Å². The Kier molecular flexibility index (Phi) is 7.03. The first kappa shape index (κ1) is 22.8. The van der Waals surface area contributed by atoms with Crippen molar-refractivity contribution < 1.29 is 9.53 Å². The van der Waals surface area contributed by atoms with Crippen LogP contribution in [-0.4, -0.2) is 23.0 Å². The molecule has 0 atom stereocenters. The summed E-state index contributed by atoms with van der Waals surface area (Å²) in [5.41, 5.74) is 5.46. The zero-order valence-electron chi connectivity index (χ0n) is 19.4. The van der Waals surface area contributed by atoms with Crippen molar-refractivity contribution in [1.82, 2.24) is 9.97 Å². The summed E-state index contributed by atoms with van der Waals surface area (Å²) in [6.07, 6.45) is 0.290. The van der Waals surface area contributed by atoms with E-state index in [2.05, 4.69) is 32.8 Å². The molecule has 1 amide bonds. The second-order valence-electron chi connectivity index (χ2n) is 7.98.